The third kappa shape index (κ3) is 5.59. The summed E-state index contributed by atoms with van der Waals surface area (Å²) in [6.45, 7) is 1.95. The van der Waals surface area contributed by atoms with E-state index in [2.05, 4.69) is 5.32 Å². The predicted octanol–water partition coefficient (Wildman–Crippen LogP) is 4.47. The molecule has 0 unspecified atom stereocenters. The molecule has 0 saturated heterocycles. The number of rotatable bonds is 9. The molecule has 176 valence electrons. The van der Waals surface area contributed by atoms with E-state index in [9.17, 15) is 23.3 Å². The maximum absolute atomic E-state index is 13.3. The molecule has 0 heterocycles. The number of ether oxygens (including phenoxy) is 1. The Morgan fingerprint density at radius 3 is 2.47 bits per heavy atom. The van der Waals surface area contributed by atoms with Gasteiger partial charge in [0.25, 0.3) is 15.7 Å². The Morgan fingerprint density at radius 2 is 1.82 bits per heavy atom. The van der Waals surface area contributed by atoms with E-state index in [-0.39, 0.29) is 28.6 Å². The number of hydrogen-bond donors (Lipinski definition) is 1. The monoisotopic (exact) mass is 481 g/mol. The molecule has 0 radical (unpaired) electrons. The third-order valence-electron chi connectivity index (χ3n) is 4.86. The van der Waals surface area contributed by atoms with Gasteiger partial charge in [0.1, 0.15) is 5.75 Å². The average molecular weight is 482 g/mol. The zero-order valence-electron chi connectivity index (χ0n) is 18.5. The summed E-state index contributed by atoms with van der Waals surface area (Å²) in [5, 5.41) is 13.5. The summed E-state index contributed by atoms with van der Waals surface area (Å²) in [4.78, 5) is 22.9. The number of methoxy groups -OCH3 is 1. The molecule has 3 aromatic rings. The number of nitrogens with zero attached hydrogens (tertiary/aromatic N) is 2. The number of hydrogen-bond acceptors (Lipinski definition) is 6. The maximum Gasteiger partial charge on any atom is 0.270 e. The van der Waals surface area contributed by atoms with Gasteiger partial charge in [0.05, 0.1) is 28.3 Å². The fraction of sp³-hybridized carbons (Fsp3) is 0.125. The second-order valence-corrected chi connectivity index (χ2v) is 8.90. The summed E-state index contributed by atoms with van der Waals surface area (Å²) in [6, 6.07) is 18.7. The van der Waals surface area contributed by atoms with Gasteiger partial charge in [-0.2, -0.15) is 0 Å². The van der Waals surface area contributed by atoms with Crippen LogP contribution in [-0.4, -0.2) is 32.9 Å². The molecule has 0 spiro atoms. The largest absolute Gasteiger partial charge is 0.495 e. The lowest BCUT2D eigenvalue weighted by Crippen LogP contribution is -2.30. The normalized spacial score (nSPS) is 11.2. The number of carbonyl (C=O) groups is 1. The third-order valence-corrected chi connectivity index (χ3v) is 6.76. The first-order valence-electron chi connectivity index (χ1n) is 10.3. The molecule has 3 aromatic carbocycles. The van der Waals surface area contributed by atoms with Crippen molar-refractivity contribution in [3.05, 3.63) is 94.6 Å². The van der Waals surface area contributed by atoms with E-state index < -0.39 is 20.9 Å². The number of anilines is 2. The van der Waals surface area contributed by atoms with E-state index in [0.29, 0.717) is 11.3 Å². The van der Waals surface area contributed by atoms with Crippen molar-refractivity contribution in [2.75, 3.05) is 23.3 Å². The first-order valence-corrected chi connectivity index (χ1v) is 11.7. The van der Waals surface area contributed by atoms with Gasteiger partial charge in [0.15, 0.2) is 0 Å². The summed E-state index contributed by atoms with van der Waals surface area (Å²) in [5.41, 5.74) is 1.06. The predicted molar refractivity (Wildman–Crippen MR) is 130 cm³/mol. The van der Waals surface area contributed by atoms with E-state index in [1.165, 1.54) is 60.0 Å². The topological polar surface area (TPSA) is 119 Å². The van der Waals surface area contributed by atoms with Crippen LogP contribution in [0.5, 0.6) is 5.75 Å². The van der Waals surface area contributed by atoms with E-state index in [4.69, 9.17) is 4.74 Å². The molecule has 1 amide bonds. The van der Waals surface area contributed by atoms with Gasteiger partial charge in [-0.15, -0.1) is 0 Å². The molecule has 10 heteroatoms. The highest BCUT2D eigenvalue weighted by Crippen LogP contribution is 2.30. The lowest BCUT2D eigenvalue weighted by Gasteiger charge is -2.23. The fourth-order valence-electron chi connectivity index (χ4n) is 3.25. The van der Waals surface area contributed by atoms with Crippen molar-refractivity contribution in [3.63, 3.8) is 0 Å². The highest BCUT2D eigenvalue weighted by Gasteiger charge is 2.25. The van der Waals surface area contributed by atoms with Crippen molar-refractivity contribution in [1.29, 1.82) is 0 Å². The number of nitro benzene ring substituents is 1. The smallest absolute Gasteiger partial charge is 0.270 e. The van der Waals surface area contributed by atoms with Crippen LogP contribution in [-0.2, 0) is 14.8 Å². The van der Waals surface area contributed by atoms with Crippen LogP contribution in [0.4, 0.5) is 17.1 Å². The van der Waals surface area contributed by atoms with Gasteiger partial charge >= 0.3 is 0 Å². The zero-order valence-corrected chi connectivity index (χ0v) is 19.4. The van der Waals surface area contributed by atoms with E-state index in [1.807, 2.05) is 0 Å². The van der Waals surface area contributed by atoms with Crippen molar-refractivity contribution < 1.29 is 22.9 Å². The number of sulfonamides is 1. The van der Waals surface area contributed by atoms with Crippen LogP contribution >= 0.6 is 0 Å². The molecule has 3 rings (SSSR count). The second kappa shape index (κ2) is 10.6. The van der Waals surface area contributed by atoms with Crippen molar-refractivity contribution in [2.24, 2.45) is 0 Å². The van der Waals surface area contributed by atoms with E-state index >= 15 is 0 Å². The molecule has 0 aromatic heterocycles. The van der Waals surface area contributed by atoms with Crippen LogP contribution in [0.3, 0.4) is 0 Å². The summed E-state index contributed by atoms with van der Waals surface area (Å²) in [6.07, 6.45) is 2.62. The van der Waals surface area contributed by atoms with Crippen molar-refractivity contribution in [1.82, 2.24) is 0 Å². The Kier molecular flexibility index (Phi) is 7.64. The minimum Gasteiger partial charge on any atom is -0.495 e. The molecule has 34 heavy (non-hydrogen) atoms. The molecular weight excluding hydrogens is 458 g/mol. The van der Waals surface area contributed by atoms with Gasteiger partial charge in [-0.1, -0.05) is 30.3 Å². The highest BCUT2D eigenvalue weighted by molar-refractivity contribution is 7.92. The molecule has 0 saturated carbocycles. The zero-order chi connectivity index (χ0) is 24.7. The molecule has 0 aliphatic rings. The number of nitro groups is 1. The Bertz CT molecular complexity index is 1320. The Labute approximate surface area is 197 Å². The van der Waals surface area contributed by atoms with Crippen LogP contribution in [0.1, 0.15) is 12.5 Å². The van der Waals surface area contributed by atoms with Crippen LogP contribution in [0.2, 0.25) is 0 Å². The molecule has 0 fully saturated rings. The van der Waals surface area contributed by atoms with Gasteiger partial charge in [-0.25, -0.2) is 8.42 Å². The van der Waals surface area contributed by atoms with Gasteiger partial charge < -0.3 is 10.1 Å². The lowest BCUT2D eigenvalue weighted by atomic mass is 10.2. The summed E-state index contributed by atoms with van der Waals surface area (Å²) < 4.78 is 33.1. The van der Waals surface area contributed by atoms with Crippen molar-refractivity contribution in [3.8, 4) is 5.75 Å². The molecular formula is C24H23N3O6S. The first-order chi connectivity index (χ1) is 16.3. The summed E-state index contributed by atoms with van der Waals surface area (Å²) in [5.74, 6) is -0.284. The molecule has 0 atom stereocenters. The van der Waals surface area contributed by atoms with E-state index in [1.54, 1.807) is 43.3 Å². The van der Waals surface area contributed by atoms with Crippen LogP contribution in [0, 0.1) is 10.1 Å². The van der Waals surface area contributed by atoms with Crippen LogP contribution in [0.15, 0.2) is 83.8 Å². The van der Waals surface area contributed by atoms with Gasteiger partial charge in [-0.3, -0.25) is 19.2 Å². The number of nitrogens with one attached hydrogen (secondary N) is 1. The number of amides is 1. The Balaban J connectivity index is 1.87. The van der Waals surface area contributed by atoms with Crippen molar-refractivity contribution in [2.45, 2.75) is 11.8 Å². The summed E-state index contributed by atoms with van der Waals surface area (Å²) in [7, 11) is -2.51. The molecule has 0 bridgehead atoms. The molecule has 0 aliphatic carbocycles. The molecule has 1 N–H and O–H groups in total. The maximum atomic E-state index is 13.3. The second-order valence-electron chi connectivity index (χ2n) is 7.04. The number of carbonyl (C=O) groups excluding carboxylic acids is 1. The number of para-hydroxylation sites is 1. The van der Waals surface area contributed by atoms with Crippen LogP contribution < -0.4 is 14.4 Å². The van der Waals surface area contributed by atoms with Gasteiger partial charge in [0, 0.05) is 24.8 Å². The van der Waals surface area contributed by atoms with Gasteiger partial charge in [-0.05, 0) is 48.9 Å². The van der Waals surface area contributed by atoms with Gasteiger partial charge in [0.2, 0.25) is 5.91 Å². The minimum atomic E-state index is -3.91. The number of non-ortho nitro benzene ring substituents is 1. The lowest BCUT2D eigenvalue weighted by molar-refractivity contribution is -0.384. The van der Waals surface area contributed by atoms with E-state index in [0.717, 1.165) is 0 Å². The average Bonchev–Trinajstić information content (AvgIpc) is 2.84. The molecule has 0 aliphatic heterocycles. The number of benzene rings is 3. The fourth-order valence-corrected chi connectivity index (χ4v) is 4.75. The van der Waals surface area contributed by atoms with Crippen molar-refractivity contribution >= 4 is 39.1 Å². The Morgan fingerprint density at radius 1 is 1.09 bits per heavy atom. The summed E-state index contributed by atoms with van der Waals surface area (Å²) >= 11 is 0. The Hall–Kier alpha value is -4.18. The highest BCUT2D eigenvalue weighted by atomic mass is 32.2. The minimum absolute atomic E-state index is 0.0167. The quantitative estimate of drug-likeness (QED) is 0.274. The first kappa shape index (κ1) is 24.5. The van der Waals surface area contributed by atoms with Crippen LogP contribution in [0.25, 0.3) is 6.08 Å². The molecule has 9 nitrogen and oxygen atoms in total. The SMILES string of the molecule is CCN(c1ccccc1)S(=O)(=O)c1ccc(OC)c(NC(=O)/C=C/c2cccc([N+](=O)[O-])c2)c1. The standard InChI is InChI=1S/C24H23N3O6S/c1-3-26(19-9-5-4-6-10-19)34(31,32)21-13-14-23(33-2)22(17-21)25-24(28)15-12-18-8-7-11-20(16-18)27(29)30/h4-17H,3H2,1-2H3,(H,25,28)/b15-12+.